The first-order valence-electron chi connectivity index (χ1n) is 7.94. The van der Waals surface area contributed by atoms with E-state index in [-0.39, 0.29) is 0 Å². The van der Waals surface area contributed by atoms with Gasteiger partial charge in [0, 0.05) is 22.4 Å². The molecule has 0 saturated heterocycles. The Bertz CT molecular complexity index is 652. The summed E-state index contributed by atoms with van der Waals surface area (Å²) < 4.78 is 1.16. The van der Waals surface area contributed by atoms with E-state index in [1.165, 1.54) is 22.5 Å². The molecule has 1 aliphatic rings. The van der Waals surface area contributed by atoms with Crippen LogP contribution in [0.15, 0.2) is 46.9 Å². The van der Waals surface area contributed by atoms with Crippen LogP contribution in [-0.4, -0.2) is 32.1 Å². The van der Waals surface area contributed by atoms with Crippen LogP contribution in [0.25, 0.3) is 0 Å². The molecule has 1 heterocycles. The van der Waals surface area contributed by atoms with Crippen LogP contribution in [0.1, 0.15) is 17.5 Å². The summed E-state index contributed by atoms with van der Waals surface area (Å²) in [7, 11) is 4.28. The molecule has 3 heteroatoms. The van der Waals surface area contributed by atoms with Gasteiger partial charge in [-0.3, -0.25) is 0 Å². The maximum absolute atomic E-state index is 3.64. The molecule has 0 radical (unpaired) electrons. The van der Waals surface area contributed by atoms with Gasteiger partial charge in [-0.15, -0.1) is 0 Å². The minimum absolute atomic E-state index is 1.05. The van der Waals surface area contributed by atoms with Gasteiger partial charge in [0.25, 0.3) is 0 Å². The highest BCUT2D eigenvalue weighted by Gasteiger charge is 2.20. The van der Waals surface area contributed by atoms with Crippen LogP contribution >= 0.6 is 15.9 Å². The van der Waals surface area contributed by atoms with Crippen LogP contribution in [0.4, 0.5) is 11.4 Å². The van der Waals surface area contributed by atoms with Crippen molar-refractivity contribution in [3.8, 4) is 0 Å². The Hall–Kier alpha value is -1.32. The standard InChI is InChI=1S/C19H23BrN2/c1-21(2)12-5-13-22-18-7-4-3-6-15(18)8-9-16-10-11-17(20)14-19(16)22/h3-4,6-7,10-11,14H,5,8-9,12-13H2,1-2H3. The monoisotopic (exact) mass is 358 g/mol. The lowest BCUT2D eigenvalue weighted by Gasteiger charge is -2.27. The van der Waals surface area contributed by atoms with E-state index in [9.17, 15) is 0 Å². The molecule has 3 rings (SSSR count). The summed E-state index contributed by atoms with van der Waals surface area (Å²) in [4.78, 5) is 4.76. The zero-order valence-electron chi connectivity index (χ0n) is 13.3. The van der Waals surface area contributed by atoms with Crippen molar-refractivity contribution in [2.24, 2.45) is 0 Å². The highest BCUT2D eigenvalue weighted by Crippen LogP contribution is 2.37. The molecule has 0 bridgehead atoms. The number of nitrogens with zero attached hydrogens (tertiary/aromatic N) is 2. The molecule has 2 aromatic rings. The molecule has 0 unspecified atom stereocenters. The first-order valence-corrected chi connectivity index (χ1v) is 8.73. The van der Waals surface area contributed by atoms with Crippen molar-refractivity contribution in [1.29, 1.82) is 0 Å². The fourth-order valence-corrected chi connectivity index (χ4v) is 3.52. The molecule has 2 aromatic carbocycles. The van der Waals surface area contributed by atoms with E-state index in [0.29, 0.717) is 0 Å². The SMILES string of the molecule is CN(C)CCCN1c2ccccc2CCc2ccc(Br)cc21. The number of para-hydroxylation sites is 1. The van der Waals surface area contributed by atoms with Gasteiger partial charge in [0.15, 0.2) is 0 Å². The van der Waals surface area contributed by atoms with Gasteiger partial charge in [0.1, 0.15) is 0 Å². The second kappa shape index (κ2) is 6.84. The van der Waals surface area contributed by atoms with Crippen molar-refractivity contribution in [3.05, 3.63) is 58.1 Å². The Morgan fingerprint density at radius 1 is 1.00 bits per heavy atom. The molecule has 2 nitrogen and oxygen atoms in total. The second-order valence-electron chi connectivity index (χ2n) is 6.21. The lowest BCUT2D eigenvalue weighted by Crippen LogP contribution is -2.24. The summed E-state index contributed by atoms with van der Waals surface area (Å²) in [6.45, 7) is 2.17. The van der Waals surface area contributed by atoms with Crippen molar-refractivity contribution >= 4 is 27.3 Å². The molecule has 0 saturated carbocycles. The molecule has 1 aliphatic heterocycles. The van der Waals surface area contributed by atoms with E-state index in [2.05, 4.69) is 82.3 Å². The molecule has 22 heavy (non-hydrogen) atoms. The second-order valence-corrected chi connectivity index (χ2v) is 7.13. The lowest BCUT2D eigenvalue weighted by molar-refractivity contribution is 0.402. The van der Waals surface area contributed by atoms with Crippen LogP contribution in [0, 0.1) is 0 Å². The van der Waals surface area contributed by atoms with Crippen LogP contribution in [0.5, 0.6) is 0 Å². The third-order valence-corrected chi connectivity index (χ3v) is 4.76. The highest BCUT2D eigenvalue weighted by molar-refractivity contribution is 9.10. The zero-order chi connectivity index (χ0) is 15.5. The predicted octanol–water partition coefficient (Wildman–Crippen LogP) is 4.64. The van der Waals surface area contributed by atoms with Gasteiger partial charge in [0.2, 0.25) is 0 Å². The molecule has 0 atom stereocenters. The smallest absolute Gasteiger partial charge is 0.0454 e. The Balaban J connectivity index is 1.98. The number of fused-ring (bicyclic) bond motifs is 2. The minimum atomic E-state index is 1.05. The molecule has 0 spiro atoms. The highest BCUT2D eigenvalue weighted by atomic mass is 79.9. The van der Waals surface area contributed by atoms with Crippen LogP contribution in [0.2, 0.25) is 0 Å². The van der Waals surface area contributed by atoms with Crippen LogP contribution in [-0.2, 0) is 12.8 Å². The molecular formula is C19H23BrN2. The topological polar surface area (TPSA) is 6.48 Å². The average molecular weight is 359 g/mol. The fraction of sp³-hybridized carbons (Fsp3) is 0.368. The molecule has 116 valence electrons. The van der Waals surface area contributed by atoms with Gasteiger partial charge in [-0.05, 0) is 69.2 Å². The number of benzene rings is 2. The third kappa shape index (κ3) is 3.36. The van der Waals surface area contributed by atoms with Gasteiger partial charge in [-0.2, -0.15) is 0 Å². The largest absolute Gasteiger partial charge is 0.341 e. The normalized spacial score (nSPS) is 13.7. The number of halogens is 1. The van der Waals surface area contributed by atoms with Crippen molar-refractivity contribution < 1.29 is 0 Å². The predicted molar refractivity (Wildman–Crippen MR) is 98.2 cm³/mol. The Morgan fingerprint density at radius 2 is 1.73 bits per heavy atom. The Kier molecular flexibility index (Phi) is 4.84. The first-order chi connectivity index (χ1) is 10.6. The quantitative estimate of drug-likeness (QED) is 0.785. The van der Waals surface area contributed by atoms with E-state index in [1.54, 1.807) is 0 Å². The van der Waals surface area contributed by atoms with Crippen molar-refractivity contribution in [2.75, 3.05) is 32.1 Å². The Morgan fingerprint density at radius 3 is 2.50 bits per heavy atom. The molecule has 0 aliphatic carbocycles. The van der Waals surface area contributed by atoms with Gasteiger partial charge in [-0.1, -0.05) is 40.2 Å². The molecular weight excluding hydrogens is 336 g/mol. The van der Waals surface area contributed by atoms with E-state index < -0.39 is 0 Å². The van der Waals surface area contributed by atoms with Crippen LogP contribution in [0.3, 0.4) is 0 Å². The zero-order valence-corrected chi connectivity index (χ0v) is 14.9. The maximum atomic E-state index is 3.64. The number of hydrogen-bond donors (Lipinski definition) is 0. The van der Waals surface area contributed by atoms with Gasteiger partial charge >= 0.3 is 0 Å². The number of aryl methyl sites for hydroxylation is 2. The van der Waals surface area contributed by atoms with E-state index >= 15 is 0 Å². The van der Waals surface area contributed by atoms with E-state index in [4.69, 9.17) is 0 Å². The first kappa shape index (κ1) is 15.6. The van der Waals surface area contributed by atoms with Gasteiger partial charge < -0.3 is 9.80 Å². The van der Waals surface area contributed by atoms with Crippen molar-refractivity contribution in [3.63, 3.8) is 0 Å². The number of rotatable bonds is 4. The summed E-state index contributed by atoms with van der Waals surface area (Å²) in [5, 5.41) is 0. The summed E-state index contributed by atoms with van der Waals surface area (Å²) >= 11 is 3.64. The van der Waals surface area contributed by atoms with Crippen molar-refractivity contribution in [2.45, 2.75) is 19.3 Å². The average Bonchev–Trinajstić information content (AvgIpc) is 2.65. The summed E-state index contributed by atoms with van der Waals surface area (Å²) in [5.41, 5.74) is 5.64. The summed E-state index contributed by atoms with van der Waals surface area (Å²) in [6, 6.07) is 15.5. The molecule has 0 fully saturated rings. The molecule has 0 aromatic heterocycles. The third-order valence-electron chi connectivity index (χ3n) is 4.27. The molecule has 0 N–H and O–H groups in total. The van der Waals surface area contributed by atoms with Gasteiger partial charge in [0.05, 0.1) is 0 Å². The van der Waals surface area contributed by atoms with Crippen LogP contribution < -0.4 is 4.90 Å². The van der Waals surface area contributed by atoms with Crippen molar-refractivity contribution in [1.82, 2.24) is 4.90 Å². The number of hydrogen-bond acceptors (Lipinski definition) is 2. The Labute approximate surface area is 141 Å². The van der Waals surface area contributed by atoms with E-state index in [1.807, 2.05) is 0 Å². The maximum Gasteiger partial charge on any atom is 0.0454 e. The minimum Gasteiger partial charge on any atom is -0.341 e. The molecule has 0 amide bonds. The number of anilines is 2. The lowest BCUT2D eigenvalue weighted by atomic mass is 10.0. The van der Waals surface area contributed by atoms with E-state index in [0.717, 1.165) is 36.8 Å². The summed E-state index contributed by atoms with van der Waals surface area (Å²) in [5.74, 6) is 0. The van der Waals surface area contributed by atoms with Gasteiger partial charge in [-0.25, -0.2) is 0 Å². The fourth-order valence-electron chi connectivity index (χ4n) is 3.17. The summed E-state index contributed by atoms with van der Waals surface area (Å²) in [6.07, 6.45) is 3.39.